The number of likely N-dealkylation sites (N-methyl/N-ethyl adjacent to an activating group) is 1. The van der Waals surface area contributed by atoms with Gasteiger partial charge in [0.15, 0.2) is 0 Å². The summed E-state index contributed by atoms with van der Waals surface area (Å²) in [5.41, 5.74) is -3.83. The van der Waals surface area contributed by atoms with Gasteiger partial charge in [0.05, 0.1) is 40.6 Å². The van der Waals surface area contributed by atoms with E-state index in [0.29, 0.717) is 45.3 Å². The molecule has 240 valence electrons. The van der Waals surface area contributed by atoms with Gasteiger partial charge in [-0.2, -0.15) is 17.6 Å². The first-order valence-electron chi connectivity index (χ1n) is 14.1. The quantitative estimate of drug-likeness (QED) is 0.228. The third kappa shape index (κ3) is 6.66. The molecule has 1 aromatic heterocycles. The lowest BCUT2D eigenvalue weighted by atomic mass is 10.0. The number of carbonyl (C=O) groups is 1. The van der Waals surface area contributed by atoms with E-state index in [0.717, 1.165) is 0 Å². The number of nitrogens with one attached hydrogen (secondary N) is 1. The summed E-state index contributed by atoms with van der Waals surface area (Å²) in [5.74, 6) is -3.42. The number of anilines is 3. The fraction of sp³-hybridized carbons (Fsp3) is 0.414. The first-order chi connectivity index (χ1) is 21.2. The van der Waals surface area contributed by atoms with E-state index in [4.69, 9.17) is 4.74 Å². The number of carbonyl (C=O) groups excluding carboxylic acids is 1. The molecule has 45 heavy (non-hydrogen) atoms. The van der Waals surface area contributed by atoms with Crippen molar-refractivity contribution >= 4 is 28.9 Å². The number of nitrogens with zero attached hydrogens (tertiary/aromatic N) is 6. The van der Waals surface area contributed by atoms with Gasteiger partial charge in [-0.25, -0.2) is 14.4 Å². The van der Waals surface area contributed by atoms with Crippen LogP contribution in [0.25, 0.3) is 11.1 Å². The first kappa shape index (κ1) is 32.0. The van der Waals surface area contributed by atoms with Gasteiger partial charge < -0.3 is 19.9 Å². The molecule has 2 fully saturated rings. The van der Waals surface area contributed by atoms with Crippen molar-refractivity contribution in [2.24, 2.45) is 0 Å². The number of aromatic nitrogens is 2. The molecule has 3 aromatic rings. The Morgan fingerprint density at radius 1 is 1.00 bits per heavy atom. The molecule has 0 saturated carbocycles. The zero-order valence-electron chi connectivity index (χ0n) is 24.6. The maximum absolute atomic E-state index is 15.8. The predicted octanol–water partition coefficient (Wildman–Crippen LogP) is 4.97. The monoisotopic (exact) mass is 635 g/mol. The second-order valence-corrected chi connectivity index (χ2v) is 11.0. The van der Waals surface area contributed by atoms with Gasteiger partial charge in [-0.05, 0) is 39.1 Å². The average molecular weight is 636 g/mol. The van der Waals surface area contributed by atoms with Crippen molar-refractivity contribution in [2.45, 2.75) is 32.1 Å². The highest BCUT2D eigenvalue weighted by Gasteiger charge is 2.38. The fourth-order valence-electron chi connectivity index (χ4n) is 5.45. The molecular formula is C29H30F5N7O4. The fourth-order valence-corrected chi connectivity index (χ4v) is 5.45. The maximum Gasteiger partial charge on any atom is 0.417 e. The molecule has 2 aliphatic heterocycles. The molecule has 0 radical (unpaired) electrons. The Labute approximate surface area is 254 Å². The summed E-state index contributed by atoms with van der Waals surface area (Å²) in [6.45, 7) is 6.84. The van der Waals surface area contributed by atoms with E-state index in [-0.39, 0.29) is 46.7 Å². The molecule has 3 heterocycles. The molecular weight excluding hydrogens is 605 g/mol. The minimum Gasteiger partial charge on any atom is -0.378 e. The second-order valence-electron chi connectivity index (χ2n) is 11.0. The Hall–Kier alpha value is -4.44. The lowest BCUT2D eigenvalue weighted by Gasteiger charge is -2.44. The van der Waals surface area contributed by atoms with E-state index in [9.17, 15) is 32.5 Å². The van der Waals surface area contributed by atoms with Gasteiger partial charge in [-0.3, -0.25) is 19.8 Å². The number of amides is 1. The molecule has 1 N–H and O–H groups in total. The zero-order valence-corrected chi connectivity index (χ0v) is 24.6. The van der Waals surface area contributed by atoms with E-state index < -0.39 is 45.5 Å². The highest BCUT2D eigenvalue weighted by molar-refractivity contribution is 6.08. The molecule has 2 atom stereocenters. The first-order valence-corrected chi connectivity index (χ1v) is 14.1. The van der Waals surface area contributed by atoms with Gasteiger partial charge in [-0.1, -0.05) is 0 Å². The highest BCUT2D eigenvalue weighted by Crippen LogP contribution is 2.39. The summed E-state index contributed by atoms with van der Waals surface area (Å²) >= 11 is 0. The number of nitro benzene ring substituents is 1. The van der Waals surface area contributed by atoms with Crippen LogP contribution in [0.1, 0.15) is 29.8 Å². The molecule has 0 unspecified atom stereocenters. The van der Waals surface area contributed by atoms with Crippen molar-refractivity contribution in [1.82, 2.24) is 14.9 Å². The van der Waals surface area contributed by atoms with Gasteiger partial charge in [0.1, 0.15) is 5.82 Å². The van der Waals surface area contributed by atoms with Gasteiger partial charge in [0, 0.05) is 67.8 Å². The Bertz CT molecular complexity index is 1590. The van der Waals surface area contributed by atoms with Crippen LogP contribution in [0.5, 0.6) is 0 Å². The van der Waals surface area contributed by atoms with Crippen LogP contribution in [0.2, 0.25) is 0 Å². The Morgan fingerprint density at radius 3 is 2.20 bits per heavy atom. The van der Waals surface area contributed by atoms with Crippen LogP contribution in [0.4, 0.5) is 45.0 Å². The van der Waals surface area contributed by atoms with Gasteiger partial charge in [0.25, 0.3) is 5.91 Å². The number of nitro groups is 1. The number of piperazine rings is 1. The summed E-state index contributed by atoms with van der Waals surface area (Å²) < 4.78 is 76.9. The molecule has 0 aliphatic carbocycles. The SMILES string of the molecule is C[C@@H]1CN(c2cc(F)c(-c3cnc(N4CCOCC4)nc3)cc2NC(=O)c2cc([N+](=O)[O-])c(F)cc2C(F)(F)F)C[C@H](C)N1C. The van der Waals surface area contributed by atoms with Crippen molar-refractivity contribution in [3.05, 3.63) is 69.5 Å². The summed E-state index contributed by atoms with van der Waals surface area (Å²) in [7, 11) is 1.93. The molecule has 0 spiro atoms. The Balaban J connectivity index is 1.58. The number of alkyl halides is 3. The van der Waals surface area contributed by atoms with E-state index in [1.165, 1.54) is 24.5 Å². The van der Waals surface area contributed by atoms with Crippen molar-refractivity contribution in [3.8, 4) is 11.1 Å². The van der Waals surface area contributed by atoms with Crippen LogP contribution in [0.15, 0.2) is 36.7 Å². The van der Waals surface area contributed by atoms with E-state index >= 15 is 4.39 Å². The molecule has 16 heteroatoms. The van der Waals surface area contributed by atoms with Crippen molar-refractivity contribution in [2.75, 3.05) is 61.6 Å². The molecule has 2 aromatic carbocycles. The average Bonchev–Trinajstić information content (AvgIpc) is 3.00. The van der Waals surface area contributed by atoms with Crippen LogP contribution in [-0.2, 0) is 10.9 Å². The van der Waals surface area contributed by atoms with E-state index in [1.807, 2.05) is 25.8 Å². The third-order valence-corrected chi connectivity index (χ3v) is 8.11. The number of ether oxygens (including phenoxy) is 1. The number of morpholine rings is 1. The number of benzene rings is 2. The predicted molar refractivity (Wildman–Crippen MR) is 155 cm³/mol. The van der Waals surface area contributed by atoms with Crippen molar-refractivity contribution < 1.29 is 36.4 Å². The summed E-state index contributed by atoms with van der Waals surface area (Å²) in [6, 6.07) is 2.59. The van der Waals surface area contributed by atoms with Crippen LogP contribution in [-0.4, -0.2) is 84.2 Å². The molecule has 11 nitrogen and oxygen atoms in total. The number of halogens is 5. The summed E-state index contributed by atoms with van der Waals surface area (Å²) in [4.78, 5) is 38.0. The largest absolute Gasteiger partial charge is 0.417 e. The maximum atomic E-state index is 15.8. The lowest BCUT2D eigenvalue weighted by Crippen LogP contribution is -2.55. The Morgan fingerprint density at radius 2 is 1.62 bits per heavy atom. The lowest BCUT2D eigenvalue weighted by molar-refractivity contribution is -0.387. The molecule has 1 amide bonds. The van der Waals surface area contributed by atoms with Gasteiger partial charge >= 0.3 is 11.9 Å². The molecule has 2 aliphatic rings. The van der Waals surface area contributed by atoms with Gasteiger partial charge in [-0.15, -0.1) is 0 Å². The van der Waals surface area contributed by atoms with Crippen molar-refractivity contribution in [3.63, 3.8) is 0 Å². The second kappa shape index (κ2) is 12.5. The van der Waals surface area contributed by atoms with E-state index in [1.54, 1.807) is 4.90 Å². The zero-order chi connectivity index (χ0) is 32.6. The van der Waals surface area contributed by atoms with Crippen LogP contribution in [0, 0.1) is 21.7 Å². The van der Waals surface area contributed by atoms with Crippen LogP contribution in [0.3, 0.4) is 0 Å². The number of rotatable bonds is 6. The Kier molecular flexibility index (Phi) is 8.89. The molecule has 0 bridgehead atoms. The van der Waals surface area contributed by atoms with E-state index in [2.05, 4.69) is 20.2 Å². The highest BCUT2D eigenvalue weighted by atomic mass is 19.4. The molecule has 5 rings (SSSR count). The summed E-state index contributed by atoms with van der Waals surface area (Å²) in [6.07, 6.45) is -2.42. The molecule has 2 saturated heterocycles. The third-order valence-electron chi connectivity index (χ3n) is 8.11. The minimum atomic E-state index is -5.21. The van der Waals surface area contributed by atoms with Crippen LogP contribution >= 0.6 is 0 Å². The topological polar surface area (TPSA) is 117 Å². The number of hydrogen-bond acceptors (Lipinski definition) is 9. The minimum absolute atomic E-state index is 0.00208. The summed E-state index contributed by atoms with van der Waals surface area (Å²) in [5, 5.41) is 13.7. The number of hydrogen-bond donors (Lipinski definition) is 1. The van der Waals surface area contributed by atoms with Crippen molar-refractivity contribution in [1.29, 1.82) is 0 Å². The van der Waals surface area contributed by atoms with Gasteiger partial charge in [0.2, 0.25) is 11.8 Å². The van der Waals surface area contributed by atoms with Crippen LogP contribution < -0.4 is 15.1 Å². The smallest absolute Gasteiger partial charge is 0.378 e. The standard InChI is InChI=1S/C29H30F5N7O4/c1-16-14-40(15-17(2)38(16)3)26-11-22(30)19(18-12-35-28(36-13-18)39-4-6-45-7-5-39)8-24(26)37-27(42)20-9-25(41(43)44)23(31)10-21(20)29(32,33)34/h8-13,16-17H,4-7,14-15H2,1-3H3,(H,37,42)/t16-,17+. The normalized spacial score (nSPS) is 19.5.